The number of benzene rings is 1. The van der Waals surface area contributed by atoms with Crippen LogP contribution in [0.3, 0.4) is 0 Å². The van der Waals surface area contributed by atoms with Crippen LogP contribution in [0.5, 0.6) is 0 Å². The monoisotopic (exact) mass is 345 g/mol. The molecule has 0 aliphatic carbocycles. The van der Waals surface area contributed by atoms with Crippen LogP contribution in [0.4, 0.5) is 0 Å². The molecule has 6 heteroatoms. The third-order valence-corrected chi connectivity index (χ3v) is 4.80. The molecule has 0 radical (unpaired) electrons. The molecule has 6 nitrogen and oxygen atoms in total. The molecule has 25 heavy (non-hydrogen) atoms. The summed E-state index contributed by atoms with van der Waals surface area (Å²) in [6.45, 7) is 5.90. The molecular formula is C19H27N3O3. The van der Waals surface area contributed by atoms with Gasteiger partial charge in [0.2, 0.25) is 0 Å². The number of piperazine rings is 1. The molecule has 0 unspecified atom stereocenters. The third kappa shape index (κ3) is 4.12. The van der Waals surface area contributed by atoms with Gasteiger partial charge in [-0.25, -0.2) is 4.79 Å². The molecule has 1 amide bonds. The molecule has 2 aromatic rings. The number of rotatable bonds is 7. The molecule has 0 atom stereocenters. The number of amides is 1. The summed E-state index contributed by atoms with van der Waals surface area (Å²) in [4.78, 5) is 26.7. The molecule has 1 aromatic carbocycles. The number of unbranched alkanes of at least 4 members (excludes halogenated alkanes) is 4. The fourth-order valence-corrected chi connectivity index (χ4v) is 3.33. The number of aromatic nitrogens is 1. The lowest BCUT2D eigenvalue weighted by Gasteiger charge is -2.27. The minimum absolute atomic E-state index is 0.0199. The van der Waals surface area contributed by atoms with Gasteiger partial charge in [0.25, 0.3) is 5.91 Å². The second kappa shape index (κ2) is 8.34. The van der Waals surface area contributed by atoms with Crippen molar-refractivity contribution in [3.63, 3.8) is 0 Å². The van der Waals surface area contributed by atoms with Gasteiger partial charge < -0.3 is 14.6 Å². The first-order valence-electron chi connectivity index (χ1n) is 9.34. The Kier molecular flexibility index (Phi) is 5.91. The molecule has 136 valence electrons. The normalized spacial score (nSPS) is 15.0. The van der Waals surface area contributed by atoms with Crippen molar-refractivity contribution in [1.82, 2.24) is 14.8 Å². The fourth-order valence-electron chi connectivity index (χ4n) is 3.33. The Morgan fingerprint density at radius 2 is 1.92 bits per heavy atom. The van der Waals surface area contributed by atoms with Gasteiger partial charge in [-0.05, 0) is 24.6 Å². The van der Waals surface area contributed by atoms with Gasteiger partial charge in [0.15, 0.2) is 5.58 Å². The van der Waals surface area contributed by atoms with Gasteiger partial charge in [0.1, 0.15) is 0 Å². The lowest BCUT2D eigenvalue weighted by atomic mass is 10.1. The standard InChI is InChI=1S/C19H27N3O3/c1-2-3-4-5-6-11-22-16-14-15(7-8-17(16)25-19(22)24)18(23)21-12-9-20-10-13-21/h7-8,14,20H,2-6,9-13H2,1H3. The molecule has 0 saturated carbocycles. The number of hydrogen-bond donors (Lipinski definition) is 1. The number of fused-ring (bicyclic) bond motifs is 1. The molecular weight excluding hydrogens is 318 g/mol. The number of nitrogens with one attached hydrogen (secondary N) is 1. The van der Waals surface area contributed by atoms with E-state index in [2.05, 4.69) is 12.2 Å². The molecule has 1 saturated heterocycles. The number of carbonyl (C=O) groups excluding carboxylic acids is 1. The molecule has 1 N–H and O–H groups in total. The summed E-state index contributed by atoms with van der Waals surface area (Å²) < 4.78 is 6.99. The minimum atomic E-state index is -0.336. The van der Waals surface area contributed by atoms with Crippen LogP contribution in [0, 0.1) is 0 Å². The highest BCUT2D eigenvalue weighted by Crippen LogP contribution is 2.18. The predicted molar refractivity (Wildman–Crippen MR) is 98.0 cm³/mol. The average molecular weight is 345 g/mol. The number of oxazole rings is 1. The first-order valence-corrected chi connectivity index (χ1v) is 9.34. The molecule has 2 heterocycles. The summed E-state index contributed by atoms with van der Waals surface area (Å²) in [5, 5.41) is 3.25. The van der Waals surface area contributed by atoms with Crippen LogP contribution in [-0.4, -0.2) is 41.6 Å². The van der Waals surface area contributed by atoms with Gasteiger partial charge in [-0.1, -0.05) is 32.6 Å². The van der Waals surface area contributed by atoms with Crippen molar-refractivity contribution in [1.29, 1.82) is 0 Å². The van der Waals surface area contributed by atoms with E-state index >= 15 is 0 Å². The summed E-state index contributed by atoms with van der Waals surface area (Å²) in [6, 6.07) is 5.29. The lowest BCUT2D eigenvalue weighted by molar-refractivity contribution is 0.0736. The smallest absolute Gasteiger partial charge is 0.408 e. The van der Waals surface area contributed by atoms with E-state index in [0.29, 0.717) is 30.8 Å². The zero-order chi connectivity index (χ0) is 17.6. The van der Waals surface area contributed by atoms with Crippen molar-refractivity contribution in [3.05, 3.63) is 34.3 Å². The van der Waals surface area contributed by atoms with E-state index < -0.39 is 0 Å². The van der Waals surface area contributed by atoms with Crippen molar-refractivity contribution >= 4 is 17.0 Å². The van der Waals surface area contributed by atoms with Crippen molar-refractivity contribution in [3.8, 4) is 0 Å². The van der Waals surface area contributed by atoms with Gasteiger partial charge in [0.05, 0.1) is 5.52 Å². The molecule has 3 rings (SSSR count). The zero-order valence-corrected chi connectivity index (χ0v) is 14.9. The van der Waals surface area contributed by atoms with E-state index in [0.717, 1.165) is 31.4 Å². The van der Waals surface area contributed by atoms with Gasteiger partial charge in [-0.2, -0.15) is 0 Å². The highest BCUT2D eigenvalue weighted by Gasteiger charge is 2.19. The molecule has 1 aliphatic heterocycles. The van der Waals surface area contributed by atoms with Crippen LogP contribution in [0.1, 0.15) is 49.4 Å². The molecule has 0 bridgehead atoms. The van der Waals surface area contributed by atoms with Gasteiger partial charge in [-0.15, -0.1) is 0 Å². The molecule has 1 fully saturated rings. The van der Waals surface area contributed by atoms with E-state index in [1.807, 2.05) is 4.90 Å². The predicted octanol–water partition coefficient (Wildman–Crippen LogP) is 2.61. The molecule has 1 aromatic heterocycles. The Morgan fingerprint density at radius 1 is 1.16 bits per heavy atom. The Hall–Kier alpha value is -2.08. The highest BCUT2D eigenvalue weighted by atomic mass is 16.4. The minimum Gasteiger partial charge on any atom is -0.408 e. The highest BCUT2D eigenvalue weighted by molar-refractivity contribution is 5.97. The SMILES string of the molecule is CCCCCCCn1c(=O)oc2ccc(C(=O)N3CCNCC3)cc21. The topological polar surface area (TPSA) is 67.5 Å². The largest absolute Gasteiger partial charge is 0.419 e. The Labute approximate surface area is 147 Å². The maximum Gasteiger partial charge on any atom is 0.419 e. The van der Waals surface area contributed by atoms with E-state index in [1.54, 1.807) is 22.8 Å². The van der Waals surface area contributed by atoms with Crippen molar-refractivity contribution < 1.29 is 9.21 Å². The van der Waals surface area contributed by atoms with E-state index in [9.17, 15) is 9.59 Å². The first-order chi connectivity index (χ1) is 12.2. The number of nitrogens with zero attached hydrogens (tertiary/aromatic N) is 2. The van der Waals surface area contributed by atoms with Gasteiger partial charge >= 0.3 is 5.76 Å². The van der Waals surface area contributed by atoms with Crippen LogP contribution in [0.25, 0.3) is 11.1 Å². The maximum absolute atomic E-state index is 12.7. The number of hydrogen-bond acceptors (Lipinski definition) is 4. The van der Waals surface area contributed by atoms with E-state index in [-0.39, 0.29) is 11.7 Å². The summed E-state index contributed by atoms with van der Waals surface area (Å²) in [7, 11) is 0. The third-order valence-electron chi connectivity index (χ3n) is 4.80. The van der Waals surface area contributed by atoms with E-state index in [4.69, 9.17) is 4.42 Å². The number of aryl methyl sites for hydroxylation is 1. The van der Waals surface area contributed by atoms with Crippen LogP contribution < -0.4 is 11.1 Å². The van der Waals surface area contributed by atoms with Crippen molar-refractivity contribution in [2.45, 2.75) is 45.6 Å². The maximum atomic E-state index is 12.7. The summed E-state index contributed by atoms with van der Waals surface area (Å²) in [5.74, 6) is -0.316. The van der Waals surface area contributed by atoms with Gasteiger partial charge in [-0.3, -0.25) is 9.36 Å². The Morgan fingerprint density at radius 3 is 2.68 bits per heavy atom. The van der Waals surface area contributed by atoms with Crippen LogP contribution >= 0.6 is 0 Å². The molecule has 1 aliphatic rings. The summed E-state index contributed by atoms with van der Waals surface area (Å²) >= 11 is 0. The van der Waals surface area contributed by atoms with Crippen LogP contribution in [0.2, 0.25) is 0 Å². The van der Waals surface area contributed by atoms with Crippen molar-refractivity contribution in [2.75, 3.05) is 26.2 Å². The average Bonchev–Trinajstić information content (AvgIpc) is 2.96. The fraction of sp³-hybridized carbons (Fsp3) is 0.579. The second-order valence-electron chi connectivity index (χ2n) is 6.66. The molecule has 0 spiro atoms. The summed E-state index contributed by atoms with van der Waals surface area (Å²) in [5.41, 5.74) is 1.90. The lowest BCUT2D eigenvalue weighted by Crippen LogP contribution is -2.46. The Balaban J connectivity index is 1.77. The van der Waals surface area contributed by atoms with Crippen LogP contribution in [-0.2, 0) is 6.54 Å². The second-order valence-corrected chi connectivity index (χ2v) is 6.66. The van der Waals surface area contributed by atoms with E-state index in [1.165, 1.54) is 19.3 Å². The Bertz CT molecular complexity index is 772. The quantitative estimate of drug-likeness (QED) is 0.783. The van der Waals surface area contributed by atoms with Crippen LogP contribution in [0.15, 0.2) is 27.4 Å². The van der Waals surface area contributed by atoms with Gasteiger partial charge in [0, 0.05) is 38.3 Å². The number of carbonyl (C=O) groups is 1. The van der Waals surface area contributed by atoms with Crippen molar-refractivity contribution in [2.24, 2.45) is 0 Å². The first kappa shape index (κ1) is 17.7. The zero-order valence-electron chi connectivity index (χ0n) is 14.9. The summed E-state index contributed by atoms with van der Waals surface area (Å²) in [6.07, 6.45) is 5.67.